The monoisotopic (exact) mass is 198 g/mol. The highest BCUT2D eigenvalue weighted by Gasteiger charge is 2.43. The van der Waals surface area contributed by atoms with Gasteiger partial charge in [-0.3, -0.25) is 0 Å². The molecule has 2 rings (SSSR count). The molecule has 0 radical (unpaired) electrons. The molecule has 2 saturated heterocycles. The molecule has 0 spiro atoms. The highest BCUT2D eigenvalue weighted by Crippen LogP contribution is 2.28. The maximum absolute atomic E-state index is 11.3. The van der Waals surface area contributed by atoms with Crippen molar-refractivity contribution in [3.8, 4) is 0 Å². The summed E-state index contributed by atoms with van der Waals surface area (Å²) in [5.41, 5.74) is 0.409. The number of ether oxygens (including phenoxy) is 3. The molecule has 0 aromatic carbocycles. The summed E-state index contributed by atoms with van der Waals surface area (Å²) in [4.78, 5) is 11.3. The van der Waals surface area contributed by atoms with Crippen molar-refractivity contribution in [3.63, 3.8) is 0 Å². The van der Waals surface area contributed by atoms with Crippen molar-refractivity contribution in [3.05, 3.63) is 12.2 Å². The largest absolute Gasteiger partial charge is 0.454 e. The number of hydrogen-bond donors (Lipinski definition) is 0. The van der Waals surface area contributed by atoms with Crippen molar-refractivity contribution >= 4 is 5.97 Å². The van der Waals surface area contributed by atoms with Crippen LogP contribution in [0.2, 0.25) is 0 Å². The van der Waals surface area contributed by atoms with Gasteiger partial charge in [0.05, 0.1) is 12.7 Å². The molecule has 78 valence electrons. The molecule has 0 N–H and O–H groups in total. The van der Waals surface area contributed by atoms with E-state index in [-0.39, 0.29) is 24.3 Å². The molecule has 4 heteroatoms. The van der Waals surface area contributed by atoms with Crippen molar-refractivity contribution in [1.82, 2.24) is 0 Å². The van der Waals surface area contributed by atoms with Gasteiger partial charge in [-0.15, -0.1) is 0 Å². The Hall–Kier alpha value is -0.870. The van der Waals surface area contributed by atoms with E-state index in [1.165, 1.54) is 0 Å². The molecule has 2 fully saturated rings. The lowest BCUT2D eigenvalue weighted by atomic mass is 10.1. The highest BCUT2D eigenvalue weighted by atomic mass is 16.6. The Labute approximate surface area is 82.8 Å². The van der Waals surface area contributed by atoms with Crippen LogP contribution in [0.1, 0.15) is 13.3 Å². The van der Waals surface area contributed by atoms with Crippen LogP contribution in [-0.2, 0) is 19.0 Å². The first-order valence-electron chi connectivity index (χ1n) is 4.78. The van der Waals surface area contributed by atoms with Gasteiger partial charge in [0, 0.05) is 12.2 Å². The lowest BCUT2D eigenvalue weighted by molar-refractivity contribution is -0.148. The van der Waals surface area contributed by atoms with Gasteiger partial charge in [0.1, 0.15) is 6.10 Å². The summed E-state index contributed by atoms with van der Waals surface area (Å²) in [6.07, 6.45) is 0.675. The van der Waals surface area contributed by atoms with E-state index >= 15 is 0 Å². The molecule has 14 heavy (non-hydrogen) atoms. The fraction of sp³-hybridized carbons (Fsp3) is 0.700. The van der Waals surface area contributed by atoms with Crippen molar-refractivity contribution < 1.29 is 19.0 Å². The number of rotatable bonds is 2. The molecule has 0 saturated carbocycles. The summed E-state index contributed by atoms with van der Waals surface area (Å²) >= 11 is 0. The Balaban J connectivity index is 1.93. The predicted molar refractivity (Wildman–Crippen MR) is 48.8 cm³/mol. The average molecular weight is 198 g/mol. The van der Waals surface area contributed by atoms with Crippen LogP contribution in [0.15, 0.2) is 12.2 Å². The van der Waals surface area contributed by atoms with Crippen LogP contribution >= 0.6 is 0 Å². The smallest absolute Gasteiger partial charge is 0.333 e. The number of esters is 1. The van der Waals surface area contributed by atoms with Crippen LogP contribution < -0.4 is 0 Å². The first-order chi connectivity index (χ1) is 6.68. The zero-order valence-electron chi connectivity index (χ0n) is 8.19. The summed E-state index contributed by atoms with van der Waals surface area (Å²) in [6, 6.07) is 0. The molecule has 2 heterocycles. The minimum absolute atomic E-state index is 0.0710. The van der Waals surface area contributed by atoms with E-state index in [0.29, 0.717) is 18.8 Å². The van der Waals surface area contributed by atoms with E-state index in [2.05, 4.69) is 6.58 Å². The van der Waals surface area contributed by atoms with Gasteiger partial charge < -0.3 is 14.2 Å². The zero-order chi connectivity index (χ0) is 10.1. The van der Waals surface area contributed by atoms with Crippen LogP contribution in [0.4, 0.5) is 0 Å². The van der Waals surface area contributed by atoms with Gasteiger partial charge in [-0.25, -0.2) is 4.79 Å². The van der Waals surface area contributed by atoms with Crippen molar-refractivity contribution in [2.75, 3.05) is 13.2 Å². The third-order valence-electron chi connectivity index (χ3n) is 2.53. The Morgan fingerprint density at radius 2 is 2.29 bits per heavy atom. The predicted octanol–water partition coefficient (Wildman–Crippen LogP) is 0.662. The molecular formula is C10H14O4. The van der Waals surface area contributed by atoms with Crippen molar-refractivity contribution in [2.45, 2.75) is 31.7 Å². The van der Waals surface area contributed by atoms with E-state index in [1.807, 2.05) is 0 Å². The SMILES string of the molecule is C=C(C)C(=O)OC1COC2CCOC21. The van der Waals surface area contributed by atoms with Crippen molar-refractivity contribution in [1.29, 1.82) is 0 Å². The maximum Gasteiger partial charge on any atom is 0.333 e. The highest BCUT2D eigenvalue weighted by molar-refractivity contribution is 5.87. The minimum Gasteiger partial charge on any atom is -0.454 e. The Morgan fingerprint density at radius 1 is 1.50 bits per heavy atom. The topological polar surface area (TPSA) is 44.8 Å². The number of fused-ring (bicyclic) bond motifs is 1. The molecule has 2 aliphatic heterocycles. The van der Waals surface area contributed by atoms with Gasteiger partial charge in [0.2, 0.25) is 0 Å². The van der Waals surface area contributed by atoms with Gasteiger partial charge in [-0.2, -0.15) is 0 Å². The second-order valence-electron chi connectivity index (χ2n) is 3.72. The van der Waals surface area contributed by atoms with E-state index < -0.39 is 0 Å². The van der Waals surface area contributed by atoms with Crippen LogP contribution in [-0.4, -0.2) is 37.5 Å². The Bertz CT molecular complexity index is 261. The van der Waals surface area contributed by atoms with Gasteiger partial charge in [-0.1, -0.05) is 6.58 Å². The molecule has 4 nitrogen and oxygen atoms in total. The number of carbonyl (C=O) groups excluding carboxylic acids is 1. The second kappa shape index (κ2) is 3.71. The van der Waals surface area contributed by atoms with Crippen LogP contribution in [0.3, 0.4) is 0 Å². The standard InChI is InChI=1S/C10H14O4/c1-6(2)10(11)14-8-5-13-7-3-4-12-9(7)8/h7-9H,1,3-5H2,2H3. The van der Waals surface area contributed by atoms with Gasteiger partial charge >= 0.3 is 5.97 Å². The Kier molecular flexibility index (Phi) is 2.56. The Morgan fingerprint density at radius 3 is 3.00 bits per heavy atom. The lowest BCUT2D eigenvalue weighted by Gasteiger charge is -2.16. The van der Waals surface area contributed by atoms with Gasteiger partial charge in [-0.05, 0) is 13.3 Å². The quantitative estimate of drug-likeness (QED) is 0.483. The van der Waals surface area contributed by atoms with E-state index in [0.717, 1.165) is 6.42 Å². The third-order valence-corrected chi connectivity index (χ3v) is 2.53. The van der Waals surface area contributed by atoms with Crippen LogP contribution in [0.25, 0.3) is 0 Å². The van der Waals surface area contributed by atoms with E-state index in [1.54, 1.807) is 6.92 Å². The fourth-order valence-corrected chi connectivity index (χ4v) is 1.77. The number of carbonyl (C=O) groups is 1. The normalized spacial score (nSPS) is 35.4. The first-order valence-corrected chi connectivity index (χ1v) is 4.78. The zero-order valence-corrected chi connectivity index (χ0v) is 8.19. The molecule has 3 unspecified atom stereocenters. The maximum atomic E-state index is 11.3. The number of hydrogen-bond acceptors (Lipinski definition) is 4. The average Bonchev–Trinajstić information content (AvgIpc) is 2.69. The summed E-state index contributed by atoms with van der Waals surface area (Å²) < 4.78 is 16.1. The molecule has 0 amide bonds. The first kappa shape index (κ1) is 9.68. The fourth-order valence-electron chi connectivity index (χ4n) is 1.77. The van der Waals surface area contributed by atoms with Crippen LogP contribution in [0.5, 0.6) is 0 Å². The molecule has 0 aromatic heterocycles. The van der Waals surface area contributed by atoms with Crippen molar-refractivity contribution in [2.24, 2.45) is 0 Å². The summed E-state index contributed by atoms with van der Waals surface area (Å²) in [5.74, 6) is -0.366. The summed E-state index contributed by atoms with van der Waals surface area (Å²) in [7, 11) is 0. The lowest BCUT2D eigenvalue weighted by Crippen LogP contribution is -2.32. The van der Waals surface area contributed by atoms with Gasteiger partial charge in [0.15, 0.2) is 6.10 Å². The van der Waals surface area contributed by atoms with Crippen LogP contribution in [0, 0.1) is 0 Å². The minimum atomic E-state index is -0.366. The summed E-state index contributed by atoms with van der Waals surface area (Å²) in [6.45, 7) is 6.29. The molecular weight excluding hydrogens is 184 g/mol. The van der Waals surface area contributed by atoms with Gasteiger partial charge in [0.25, 0.3) is 0 Å². The molecule has 0 aromatic rings. The van der Waals surface area contributed by atoms with E-state index in [4.69, 9.17) is 14.2 Å². The molecule has 0 bridgehead atoms. The second-order valence-corrected chi connectivity index (χ2v) is 3.72. The molecule has 0 aliphatic carbocycles. The summed E-state index contributed by atoms with van der Waals surface area (Å²) in [5, 5.41) is 0. The molecule has 3 atom stereocenters. The van der Waals surface area contributed by atoms with E-state index in [9.17, 15) is 4.79 Å². The molecule has 2 aliphatic rings. The third kappa shape index (κ3) is 1.67.